The van der Waals surface area contributed by atoms with E-state index in [-0.39, 0.29) is 10.8 Å². The first-order chi connectivity index (χ1) is 11.9. The lowest BCUT2D eigenvalue weighted by molar-refractivity contribution is -0.117. The number of amides is 1. The molecule has 1 aliphatic rings. The Labute approximate surface area is 169 Å². The van der Waals surface area contributed by atoms with Gasteiger partial charge in [-0.25, -0.2) is 8.42 Å². The number of halogens is 2. The zero-order valence-electron chi connectivity index (χ0n) is 14.7. The number of hydrogen-bond acceptors (Lipinski definition) is 4. The molecule has 0 aromatic heterocycles. The fraction of sp³-hybridized carbons (Fsp3) is 0.588. The second-order valence-electron chi connectivity index (χ2n) is 6.02. The van der Waals surface area contributed by atoms with E-state index in [0.29, 0.717) is 23.9 Å². The second kappa shape index (κ2) is 11.4. The largest absolute Gasteiger partial charge is 0.326 e. The number of sulfone groups is 1. The lowest BCUT2D eigenvalue weighted by Crippen LogP contribution is -2.36. The molecule has 1 aliphatic heterocycles. The number of likely N-dealkylation sites (tertiary alicyclic amines) is 1. The monoisotopic (exact) mass is 500 g/mol. The van der Waals surface area contributed by atoms with Crippen molar-refractivity contribution in [3.63, 3.8) is 0 Å². The molecule has 142 valence electrons. The molecule has 8 heteroatoms. The van der Waals surface area contributed by atoms with E-state index in [2.05, 4.69) is 32.8 Å². The van der Waals surface area contributed by atoms with Crippen LogP contribution in [0.3, 0.4) is 0 Å². The SMILES string of the molecule is CI.CS(=O)(=O)c1ccc(NC(=O)CC2CCN(CCCl)CC2)cc1. The summed E-state index contributed by atoms with van der Waals surface area (Å²) in [5.41, 5.74) is 0.627. The highest BCUT2D eigenvalue weighted by atomic mass is 127. The minimum absolute atomic E-state index is 0.0205. The molecule has 0 bridgehead atoms. The molecule has 1 fully saturated rings. The summed E-state index contributed by atoms with van der Waals surface area (Å²) in [7, 11) is -3.21. The fourth-order valence-corrected chi connectivity index (χ4v) is 3.66. The molecule has 5 nitrogen and oxygen atoms in total. The van der Waals surface area contributed by atoms with Gasteiger partial charge in [-0.05, 0) is 61.0 Å². The highest BCUT2D eigenvalue weighted by molar-refractivity contribution is 14.1. The van der Waals surface area contributed by atoms with Crippen molar-refractivity contribution >= 4 is 55.6 Å². The number of hydrogen-bond donors (Lipinski definition) is 1. The van der Waals surface area contributed by atoms with Gasteiger partial charge in [-0.2, -0.15) is 0 Å². The minimum atomic E-state index is -3.21. The first-order valence-electron chi connectivity index (χ1n) is 8.14. The van der Waals surface area contributed by atoms with E-state index in [1.807, 2.05) is 4.93 Å². The fourth-order valence-electron chi connectivity index (χ4n) is 2.79. The molecule has 1 aromatic carbocycles. The van der Waals surface area contributed by atoms with Gasteiger partial charge in [0.2, 0.25) is 5.91 Å². The zero-order chi connectivity index (χ0) is 18.9. The van der Waals surface area contributed by atoms with Crippen molar-refractivity contribution in [3.8, 4) is 0 Å². The predicted molar refractivity (Wildman–Crippen MR) is 113 cm³/mol. The van der Waals surface area contributed by atoms with Gasteiger partial charge in [0.25, 0.3) is 0 Å². The van der Waals surface area contributed by atoms with Crippen LogP contribution < -0.4 is 5.32 Å². The summed E-state index contributed by atoms with van der Waals surface area (Å²) < 4.78 is 22.8. The average molecular weight is 501 g/mol. The molecule has 0 unspecified atom stereocenters. The highest BCUT2D eigenvalue weighted by Crippen LogP contribution is 2.21. The van der Waals surface area contributed by atoms with Crippen molar-refractivity contribution in [3.05, 3.63) is 24.3 Å². The van der Waals surface area contributed by atoms with Gasteiger partial charge in [0.1, 0.15) is 0 Å². The molecule has 0 atom stereocenters. The maximum atomic E-state index is 12.1. The molecule has 1 aromatic rings. The molecule has 0 aliphatic carbocycles. The van der Waals surface area contributed by atoms with E-state index >= 15 is 0 Å². The third-order valence-electron chi connectivity index (χ3n) is 4.15. The Morgan fingerprint density at radius 3 is 2.28 bits per heavy atom. The number of benzene rings is 1. The van der Waals surface area contributed by atoms with Gasteiger partial charge in [0.05, 0.1) is 4.90 Å². The van der Waals surface area contributed by atoms with Crippen LogP contribution in [0.5, 0.6) is 0 Å². The lowest BCUT2D eigenvalue weighted by Gasteiger charge is -2.31. The Morgan fingerprint density at radius 1 is 1.24 bits per heavy atom. The first kappa shape index (κ1) is 22.7. The van der Waals surface area contributed by atoms with Crippen molar-refractivity contribution in [2.24, 2.45) is 5.92 Å². The summed E-state index contributed by atoms with van der Waals surface area (Å²) in [6.45, 7) is 2.90. The summed E-state index contributed by atoms with van der Waals surface area (Å²) in [6.07, 6.45) is 3.69. The normalized spacial score (nSPS) is 16.0. The summed E-state index contributed by atoms with van der Waals surface area (Å²) in [5, 5.41) is 2.84. The molecule has 25 heavy (non-hydrogen) atoms. The Bertz CT molecular complexity index is 630. The first-order valence-corrected chi connectivity index (χ1v) is 12.7. The van der Waals surface area contributed by atoms with Crippen molar-refractivity contribution in [1.82, 2.24) is 4.90 Å². The lowest BCUT2D eigenvalue weighted by atomic mass is 9.93. The zero-order valence-corrected chi connectivity index (χ0v) is 18.4. The van der Waals surface area contributed by atoms with Crippen LogP contribution in [0.2, 0.25) is 0 Å². The van der Waals surface area contributed by atoms with E-state index in [1.165, 1.54) is 12.1 Å². The number of nitrogens with one attached hydrogen (secondary N) is 1. The van der Waals surface area contributed by atoms with Crippen molar-refractivity contribution in [2.75, 3.05) is 42.0 Å². The Morgan fingerprint density at radius 2 is 1.80 bits per heavy atom. The summed E-state index contributed by atoms with van der Waals surface area (Å²) in [6, 6.07) is 6.26. The highest BCUT2D eigenvalue weighted by Gasteiger charge is 2.21. The van der Waals surface area contributed by atoms with Crippen LogP contribution in [-0.2, 0) is 14.6 Å². The van der Waals surface area contributed by atoms with Crippen molar-refractivity contribution in [1.29, 1.82) is 0 Å². The maximum Gasteiger partial charge on any atom is 0.224 e. The molecule has 0 spiro atoms. The van der Waals surface area contributed by atoms with Crippen LogP contribution in [-0.4, -0.2) is 55.9 Å². The third-order valence-corrected chi connectivity index (χ3v) is 5.45. The second-order valence-corrected chi connectivity index (χ2v) is 8.42. The van der Waals surface area contributed by atoms with Crippen LogP contribution in [0.1, 0.15) is 19.3 Å². The summed E-state index contributed by atoms with van der Waals surface area (Å²) >= 11 is 7.89. The molecular weight excluding hydrogens is 475 g/mol. The van der Waals surface area contributed by atoms with Crippen LogP contribution in [0.15, 0.2) is 29.2 Å². The Kier molecular flexibility index (Phi) is 10.3. The van der Waals surface area contributed by atoms with Gasteiger partial charge in [0, 0.05) is 30.8 Å². The topological polar surface area (TPSA) is 66.5 Å². The molecule has 1 saturated heterocycles. The predicted octanol–water partition coefficient (Wildman–Crippen LogP) is 3.42. The van der Waals surface area contributed by atoms with Crippen molar-refractivity contribution < 1.29 is 13.2 Å². The number of nitrogens with zero attached hydrogens (tertiary/aromatic N) is 1. The third kappa shape index (κ3) is 8.23. The number of rotatable bonds is 6. The van der Waals surface area contributed by atoms with Gasteiger partial charge in [-0.15, -0.1) is 11.6 Å². The van der Waals surface area contributed by atoms with Crippen LogP contribution in [0.25, 0.3) is 0 Å². The van der Waals surface area contributed by atoms with Gasteiger partial charge in [-0.1, -0.05) is 22.6 Å². The Hall–Kier alpha value is -0.380. The quantitative estimate of drug-likeness (QED) is 0.480. The maximum absolute atomic E-state index is 12.1. The van der Waals surface area contributed by atoms with Gasteiger partial charge in [0.15, 0.2) is 9.84 Å². The summed E-state index contributed by atoms with van der Waals surface area (Å²) in [4.78, 5) is 16.7. The van der Waals surface area contributed by atoms with Crippen LogP contribution in [0.4, 0.5) is 5.69 Å². The molecule has 0 saturated carbocycles. The number of carbonyl (C=O) groups excluding carboxylic acids is 1. The number of carbonyl (C=O) groups is 1. The van der Waals surface area contributed by atoms with Gasteiger partial charge >= 0.3 is 0 Å². The number of piperidine rings is 1. The van der Waals surface area contributed by atoms with Gasteiger partial charge < -0.3 is 10.2 Å². The molecule has 1 amide bonds. The molecule has 1 heterocycles. The molecule has 0 radical (unpaired) electrons. The van der Waals surface area contributed by atoms with Crippen molar-refractivity contribution in [2.45, 2.75) is 24.2 Å². The summed E-state index contributed by atoms with van der Waals surface area (Å²) in [5.74, 6) is 1.03. The van der Waals surface area contributed by atoms with E-state index in [1.54, 1.807) is 12.1 Å². The standard InChI is InChI=1S/C16H23ClN2O3S.CH3I/c1-23(21,22)15-4-2-14(3-5-15)18-16(20)12-13-6-9-19(10-7-13)11-8-17;1-2/h2-5,13H,6-12H2,1H3,(H,18,20);1H3. The van der Waals surface area contributed by atoms with E-state index < -0.39 is 9.84 Å². The minimum Gasteiger partial charge on any atom is -0.326 e. The molecule has 1 N–H and O–H groups in total. The molecule has 2 rings (SSSR count). The number of alkyl halides is 2. The van der Waals surface area contributed by atoms with E-state index in [4.69, 9.17) is 11.6 Å². The Balaban J connectivity index is 0.00000151. The van der Waals surface area contributed by atoms with Crippen LogP contribution >= 0.6 is 34.2 Å². The molecular formula is C17H26ClIN2O3S. The average Bonchev–Trinajstić information content (AvgIpc) is 2.58. The smallest absolute Gasteiger partial charge is 0.224 e. The van der Waals surface area contributed by atoms with Crippen LogP contribution in [0, 0.1) is 5.92 Å². The number of anilines is 1. The van der Waals surface area contributed by atoms with E-state index in [9.17, 15) is 13.2 Å². The van der Waals surface area contributed by atoms with Gasteiger partial charge in [-0.3, -0.25) is 4.79 Å². The van der Waals surface area contributed by atoms with E-state index in [0.717, 1.165) is 38.7 Å².